The molecule has 3 rings (SSSR count). The highest BCUT2D eigenvalue weighted by Crippen LogP contribution is 2.29. The molecule has 1 aromatic carbocycles. The summed E-state index contributed by atoms with van der Waals surface area (Å²) in [6, 6.07) is 9.97. The molecule has 2 nitrogen and oxygen atoms in total. The minimum Gasteiger partial charge on any atom is -0.307 e. The van der Waals surface area contributed by atoms with E-state index in [1.165, 1.54) is 36.8 Å². The van der Waals surface area contributed by atoms with Gasteiger partial charge in [0.1, 0.15) is 0 Å². The molecule has 0 spiro atoms. The van der Waals surface area contributed by atoms with Crippen molar-refractivity contribution in [2.24, 2.45) is 0 Å². The van der Waals surface area contributed by atoms with E-state index >= 15 is 0 Å². The van der Waals surface area contributed by atoms with Gasteiger partial charge in [0.2, 0.25) is 0 Å². The van der Waals surface area contributed by atoms with Crippen molar-refractivity contribution < 1.29 is 4.21 Å². The zero-order valence-electron chi connectivity index (χ0n) is 11.4. The SMILES string of the molecule is O=S1CCC(NC2CCCCc3ccccc32)CC1. The fourth-order valence-electron chi connectivity index (χ4n) is 3.34. The molecule has 0 radical (unpaired) electrons. The molecular weight excluding hydrogens is 254 g/mol. The molecule has 19 heavy (non-hydrogen) atoms. The van der Waals surface area contributed by atoms with E-state index in [9.17, 15) is 4.21 Å². The molecule has 1 saturated heterocycles. The Balaban J connectivity index is 1.72. The summed E-state index contributed by atoms with van der Waals surface area (Å²) in [5.41, 5.74) is 3.03. The van der Waals surface area contributed by atoms with E-state index in [-0.39, 0.29) is 0 Å². The number of benzene rings is 1. The fraction of sp³-hybridized carbons (Fsp3) is 0.625. The van der Waals surface area contributed by atoms with Gasteiger partial charge in [0.05, 0.1) is 0 Å². The zero-order chi connectivity index (χ0) is 13.1. The summed E-state index contributed by atoms with van der Waals surface area (Å²) in [4.78, 5) is 0. The highest BCUT2D eigenvalue weighted by molar-refractivity contribution is 7.85. The Morgan fingerprint density at radius 2 is 1.84 bits per heavy atom. The van der Waals surface area contributed by atoms with E-state index in [4.69, 9.17) is 0 Å². The monoisotopic (exact) mass is 277 g/mol. The van der Waals surface area contributed by atoms with Crippen molar-refractivity contribution in [3.8, 4) is 0 Å². The molecule has 3 heteroatoms. The molecule has 1 fully saturated rings. The van der Waals surface area contributed by atoms with E-state index in [0.29, 0.717) is 12.1 Å². The Hall–Kier alpha value is -0.670. The fourth-order valence-corrected chi connectivity index (χ4v) is 4.64. The van der Waals surface area contributed by atoms with Crippen LogP contribution < -0.4 is 5.32 Å². The van der Waals surface area contributed by atoms with Gasteiger partial charge in [-0.1, -0.05) is 30.7 Å². The molecule has 1 atom stereocenters. The van der Waals surface area contributed by atoms with Crippen LogP contribution in [0.5, 0.6) is 0 Å². The summed E-state index contributed by atoms with van der Waals surface area (Å²) < 4.78 is 11.4. The van der Waals surface area contributed by atoms with Gasteiger partial charge >= 0.3 is 0 Å². The lowest BCUT2D eigenvalue weighted by atomic mass is 9.97. The minimum absolute atomic E-state index is 0.509. The first kappa shape index (κ1) is 13.3. The quantitative estimate of drug-likeness (QED) is 0.842. The number of hydrogen-bond donors (Lipinski definition) is 1. The lowest BCUT2D eigenvalue weighted by Crippen LogP contribution is -2.38. The second kappa shape index (κ2) is 6.19. The van der Waals surface area contributed by atoms with Crippen molar-refractivity contribution in [3.05, 3.63) is 35.4 Å². The highest BCUT2D eigenvalue weighted by Gasteiger charge is 2.23. The predicted molar refractivity (Wildman–Crippen MR) is 80.8 cm³/mol. The number of nitrogens with one attached hydrogen (secondary N) is 1. The molecule has 1 aliphatic heterocycles. The molecule has 1 aromatic rings. The predicted octanol–water partition coefficient (Wildman–Crippen LogP) is 2.95. The molecule has 1 aliphatic carbocycles. The summed E-state index contributed by atoms with van der Waals surface area (Å²) in [7, 11) is -0.556. The number of hydrogen-bond acceptors (Lipinski definition) is 2. The van der Waals surface area contributed by atoms with Crippen LogP contribution >= 0.6 is 0 Å². The molecule has 1 unspecified atom stereocenters. The van der Waals surface area contributed by atoms with Crippen LogP contribution in [-0.4, -0.2) is 21.8 Å². The van der Waals surface area contributed by atoms with Crippen molar-refractivity contribution in [3.63, 3.8) is 0 Å². The Kier molecular flexibility index (Phi) is 4.34. The van der Waals surface area contributed by atoms with Gasteiger partial charge in [-0.2, -0.15) is 0 Å². The largest absolute Gasteiger partial charge is 0.307 e. The second-order valence-electron chi connectivity index (χ2n) is 5.79. The van der Waals surface area contributed by atoms with Crippen LogP contribution in [0.25, 0.3) is 0 Å². The Labute approximate surface area is 118 Å². The average molecular weight is 277 g/mol. The van der Waals surface area contributed by atoms with Crippen molar-refractivity contribution >= 4 is 10.8 Å². The van der Waals surface area contributed by atoms with E-state index < -0.39 is 10.8 Å². The summed E-state index contributed by atoms with van der Waals surface area (Å²) in [6.07, 6.45) is 7.24. The first-order valence-electron chi connectivity index (χ1n) is 7.52. The summed E-state index contributed by atoms with van der Waals surface area (Å²) in [5, 5.41) is 3.84. The van der Waals surface area contributed by atoms with Gasteiger partial charge in [-0.05, 0) is 43.2 Å². The smallest absolute Gasteiger partial charge is 0.0325 e. The molecule has 2 aliphatic rings. The Morgan fingerprint density at radius 1 is 1.05 bits per heavy atom. The highest BCUT2D eigenvalue weighted by atomic mass is 32.2. The van der Waals surface area contributed by atoms with Crippen LogP contribution in [0.3, 0.4) is 0 Å². The van der Waals surface area contributed by atoms with Crippen molar-refractivity contribution in [2.45, 2.75) is 50.6 Å². The van der Waals surface area contributed by atoms with E-state index in [1.54, 1.807) is 0 Å². The van der Waals surface area contributed by atoms with Gasteiger partial charge in [0.15, 0.2) is 0 Å². The minimum atomic E-state index is -0.556. The van der Waals surface area contributed by atoms with Gasteiger partial charge < -0.3 is 5.32 Å². The normalized spacial score (nSPS) is 31.5. The van der Waals surface area contributed by atoms with Crippen LogP contribution in [-0.2, 0) is 17.2 Å². The topological polar surface area (TPSA) is 29.1 Å². The summed E-state index contributed by atoms with van der Waals surface area (Å²) >= 11 is 0. The van der Waals surface area contributed by atoms with Crippen molar-refractivity contribution in [1.82, 2.24) is 5.32 Å². The lowest BCUT2D eigenvalue weighted by Gasteiger charge is -2.28. The third kappa shape index (κ3) is 3.26. The van der Waals surface area contributed by atoms with Crippen LogP contribution in [0.1, 0.15) is 49.3 Å². The molecule has 0 aromatic heterocycles. The maximum atomic E-state index is 11.4. The first-order valence-corrected chi connectivity index (χ1v) is 9.00. The molecule has 0 amide bonds. The molecule has 1 N–H and O–H groups in total. The third-order valence-corrected chi connectivity index (χ3v) is 5.83. The summed E-state index contributed by atoms with van der Waals surface area (Å²) in [5.74, 6) is 1.76. The number of fused-ring (bicyclic) bond motifs is 1. The number of aryl methyl sites for hydroxylation is 1. The van der Waals surface area contributed by atoms with E-state index in [1.807, 2.05) is 0 Å². The van der Waals surface area contributed by atoms with Gasteiger partial charge in [-0.3, -0.25) is 4.21 Å². The van der Waals surface area contributed by atoms with Gasteiger partial charge in [0, 0.05) is 34.4 Å². The van der Waals surface area contributed by atoms with Gasteiger partial charge in [0.25, 0.3) is 0 Å². The lowest BCUT2D eigenvalue weighted by molar-refractivity contribution is 0.391. The molecule has 0 saturated carbocycles. The van der Waals surface area contributed by atoms with Crippen molar-refractivity contribution in [2.75, 3.05) is 11.5 Å². The Bertz CT molecular complexity index is 450. The van der Waals surface area contributed by atoms with Crippen LogP contribution in [0.4, 0.5) is 0 Å². The van der Waals surface area contributed by atoms with Gasteiger partial charge in [-0.15, -0.1) is 0 Å². The molecule has 104 valence electrons. The van der Waals surface area contributed by atoms with E-state index in [2.05, 4.69) is 29.6 Å². The maximum Gasteiger partial charge on any atom is 0.0325 e. The second-order valence-corrected chi connectivity index (χ2v) is 7.48. The van der Waals surface area contributed by atoms with Crippen LogP contribution in [0.15, 0.2) is 24.3 Å². The molecular formula is C16H23NOS. The zero-order valence-corrected chi connectivity index (χ0v) is 12.3. The summed E-state index contributed by atoms with van der Waals surface area (Å²) in [6.45, 7) is 0. The molecule has 0 bridgehead atoms. The van der Waals surface area contributed by atoms with Gasteiger partial charge in [-0.25, -0.2) is 0 Å². The Morgan fingerprint density at radius 3 is 2.68 bits per heavy atom. The standard InChI is InChI=1S/C16H23NOS/c18-19-11-9-14(10-12-19)17-16-8-4-2-6-13-5-1-3-7-15(13)16/h1,3,5,7,14,16-17H,2,4,6,8-12H2. The van der Waals surface area contributed by atoms with E-state index in [0.717, 1.165) is 24.3 Å². The maximum absolute atomic E-state index is 11.4. The average Bonchev–Trinajstić information content (AvgIpc) is 2.64. The molecule has 1 heterocycles. The third-order valence-electron chi connectivity index (χ3n) is 4.44. The van der Waals surface area contributed by atoms with Crippen LogP contribution in [0, 0.1) is 0 Å². The van der Waals surface area contributed by atoms with Crippen LogP contribution in [0.2, 0.25) is 0 Å². The number of rotatable bonds is 2. The first-order chi connectivity index (χ1) is 9.33. The van der Waals surface area contributed by atoms with Crippen molar-refractivity contribution in [1.29, 1.82) is 0 Å².